The van der Waals surface area contributed by atoms with Gasteiger partial charge in [-0.1, -0.05) is 12.1 Å². The molecule has 0 unspecified atom stereocenters. The third-order valence-corrected chi connectivity index (χ3v) is 2.41. The van der Waals surface area contributed by atoms with Gasteiger partial charge in [0.15, 0.2) is 0 Å². The first-order valence-corrected chi connectivity index (χ1v) is 4.97. The summed E-state index contributed by atoms with van der Waals surface area (Å²) in [5, 5.41) is 0. The van der Waals surface area contributed by atoms with Gasteiger partial charge < -0.3 is 4.98 Å². The van der Waals surface area contributed by atoms with Crippen LogP contribution in [0.4, 0.5) is 13.2 Å². The Balaban J connectivity index is 2.24. The summed E-state index contributed by atoms with van der Waals surface area (Å²) in [5.74, 6) is 0.390. The number of nitrogens with one attached hydrogen (secondary N) is 1. The van der Waals surface area contributed by atoms with Gasteiger partial charge in [-0.05, 0) is 18.6 Å². The molecule has 1 N–H and O–H groups in total. The lowest BCUT2D eigenvalue weighted by atomic mass is 10.2. The topological polar surface area (TPSA) is 28.7 Å². The number of hydrogen-bond acceptors (Lipinski definition) is 1. The van der Waals surface area contributed by atoms with E-state index in [9.17, 15) is 13.2 Å². The highest BCUT2D eigenvalue weighted by molar-refractivity contribution is 5.78. The van der Waals surface area contributed by atoms with Crippen molar-refractivity contribution in [3.05, 3.63) is 29.6 Å². The molecule has 0 aliphatic rings. The van der Waals surface area contributed by atoms with Crippen LogP contribution in [0.3, 0.4) is 0 Å². The third kappa shape index (κ3) is 2.35. The van der Waals surface area contributed by atoms with Crippen molar-refractivity contribution >= 4 is 11.0 Å². The van der Waals surface area contributed by atoms with Crippen molar-refractivity contribution in [3.8, 4) is 0 Å². The van der Waals surface area contributed by atoms with Crippen molar-refractivity contribution in [2.75, 3.05) is 0 Å². The monoisotopic (exact) mass is 228 g/mol. The fourth-order valence-electron chi connectivity index (χ4n) is 1.61. The molecule has 0 amide bonds. The predicted molar refractivity (Wildman–Crippen MR) is 55.2 cm³/mol. The molecule has 5 heteroatoms. The van der Waals surface area contributed by atoms with E-state index in [1.54, 1.807) is 0 Å². The van der Waals surface area contributed by atoms with Crippen molar-refractivity contribution in [2.45, 2.75) is 25.9 Å². The van der Waals surface area contributed by atoms with Crippen molar-refractivity contribution < 1.29 is 13.2 Å². The molecule has 0 atom stereocenters. The second-order valence-electron chi connectivity index (χ2n) is 3.77. The zero-order valence-corrected chi connectivity index (χ0v) is 8.73. The molecule has 0 saturated carbocycles. The van der Waals surface area contributed by atoms with Gasteiger partial charge in [-0.2, -0.15) is 13.2 Å². The summed E-state index contributed by atoms with van der Waals surface area (Å²) >= 11 is 0. The van der Waals surface area contributed by atoms with Gasteiger partial charge in [-0.15, -0.1) is 0 Å². The van der Waals surface area contributed by atoms with E-state index in [1.165, 1.54) is 0 Å². The molecular formula is C11H11F3N2. The Morgan fingerprint density at radius 3 is 2.69 bits per heavy atom. The lowest BCUT2D eigenvalue weighted by Crippen LogP contribution is -2.09. The zero-order chi connectivity index (χ0) is 11.8. The van der Waals surface area contributed by atoms with Gasteiger partial charge in [0.1, 0.15) is 5.82 Å². The molecule has 0 radical (unpaired) electrons. The molecule has 1 heterocycles. The molecular weight excluding hydrogens is 217 g/mol. The van der Waals surface area contributed by atoms with E-state index in [0.717, 1.165) is 16.6 Å². The standard InChI is InChI=1S/C11H11F3N2/c1-7-3-2-4-8-10(7)16-9(15-8)5-6-11(12,13)14/h2-4H,5-6H2,1H3,(H,15,16). The van der Waals surface area contributed by atoms with Crippen LogP contribution in [0.15, 0.2) is 18.2 Å². The number of para-hydroxylation sites is 1. The molecule has 2 aromatic rings. The SMILES string of the molecule is Cc1cccc2[nH]c(CCC(F)(F)F)nc12. The Labute approximate surface area is 90.5 Å². The lowest BCUT2D eigenvalue weighted by molar-refractivity contribution is -0.134. The summed E-state index contributed by atoms with van der Waals surface area (Å²) in [6.45, 7) is 1.89. The zero-order valence-electron chi connectivity index (χ0n) is 8.73. The van der Waals surface area contributed by atoms with E-state index < -0.39 is 12.6 Å². The fraction of sp³-hybridized carbons (Fsp3) is 0.364. The summed E-state index contributed by atoms with van der Waals surface area (Å²) in [4.78, 5) is 7.06. The van der Waals surface area contributed by atoms with E-state index in [-0.39, 0.29) is 6.42 Å². The van der Waals surface area contributed by atoms with E-state index >= 15 is 0 Å². The van der Waals surface area contributed by atoms with Crippen LogP contribution in [0.5, 0.6) is 0 Å². The minimum absolute atomic E-state index is 0.0996. The number of fused-ring (bicyclic) bond motifs is 1. The van der Waals surface area contributed by atoms with Crippen molar-refractivity contribution in [3.63, 3.8) is 0 Å². The van der Waals surface area contributed by atoms with Crippen molar-refractivity contribution in [2.24, 2.45) is 0 Å². The smallest absolute Gasteiger partial charge is 0.342 e. The van der Waals surface area contributed by atoms with Gasteiger partial charge in [-0.25, -0.2) is 4.98 Å². The van der Waals surface area contributed by atoms with Crippen LogP contribution >= 0.6 is 0 Å². The molecule has 0 aliphatic heterocycles. The Bertz CT molecular complexity index is 499. The average Bonchev–Trinajstić information content (AvgIpc) is 2.58. The molecule has 0 aliphatic carbocycles. The first-order valence-electron chi connectivity index (χ1n) is 4.97. The Morgan fingerprint density at radius 1 is 1.31 bits per heavy atom. The van der Waals surface area contributed by atoms with Crippen LogP contribution in [-0.2, 0) is 6.42 Å². The number of nitrogens with zero attached hydrogens (tertiary/aromatic N) is 1. The number of aryl methyl sites for hydroxylation is 2. The minimum atomic E-state index is -4.13. The molecule has 2 rings (SSSR count). The normalized spacial score (nSPS) is 12.2. The summed E-state index contributed by atoms with van der Waals surface area (Å²) in [6, 6.07) is 5.55. The van der Waals surface area contributed by atoms with E-state index in [1.807, 2.05) is 25.1 Å². The summed E-state index contributed by atoms with van der Waals surface area (Å²) in [6.07, 6.45) is -5.07. The predicted octanol–water partition coefficient (Wildman–Crippen LogP) is 3.37. The van der Waals surface area contributed by atoms with Crippen LogP contribution in [0.25, 0.3) is 11.0 Å². The van der Waals surface area contributed by atoms with Crippen LogP contribution < -0.4 is 0 Å². The van der Waals surface area contributed by atoms with Gasteiger partial charge in [0.25, 0.3) is 0 Å². The van der Waals surface area contributed by atoms with Crippen LogP contribution in [0.2, 0.25) is 0 Å². The molecule has 2 nitrogen and oxygen atoms in total. The Morgan fingerprint density at radius 2 is 2.06 bits per heavy atom. The van der Waals surface area contributed by atoms with E-state index in [2.05, 4.69) is 9.97 Å². The van der Waals surface area contributed by atoms with Crippen LogP contribution in [0, 0.1) is 6.92 Å². The average molecular weight is 228 g/mol. The van der Waals surface area contributed by atoms with Gasteiger partial charge in [0, 0.05) is 6.42 Å². The second-order valence-corrected chi connectivity index (χ2v) is 3.77. The molecule has 16 heavy (non-hydrogen) atoms. The molecule has 0 fully saturated rings. The molecule has 0 spiro atoms. The number of alkyl halides is 3. The maximum atomic E-state index is 12.0. The van der Waals surface area contributed by atoms with Crippen molar-refractivity contribution in [1.29, 1.82) is 0 Å². The second kappa shape index (κ2) is 3.81. The number of aromatic amines is 1. The summed E-state index contributed by atoms with van der Waals surface area (Å²) in [7, 11) is 0. The number of benzene rings is 1. The molecule has 86 valence electrons. The van der Waals surface area contributed by atoms with Crippen molar-refractivity contribution in [1.82, 2.24) is 9.97 Å². The number of imidazole rings is 1. The maximum absolute atomic E-state index is 12.0. The highest BCUT2D eigenvalue weighted by atomic mass is 19.4. The Hall–Kier alpha value is -1.52. The van der Waals surface area contributed by atoms with Crippen LogP contribution in [-0.4, -0.2) is 16.1 Å². The number of halogens is 3. The number of rotatable bonds is 2. The van der Waals surface area contributed by atoms with Gasteiger partial charge in [-0.3, -0.25) is 0 Å². The first kappa shape index (κ1) is 11.0. The third-order valence-electron chi connectivity index (χ3n) is 2.41. The first-order chi connectivity index (χ1) is 7.46. The highest BCUT2D eigenvalue weighted by Gasteiger charge is 2.27. The Kier molecular flexibility index (Phi) is 2.61. The van der Waals surface area contributed by atoms with E-state index in [0.29, 0.717) is 5.82 Å². The summed E-state index contributed by atoms with van der Waals surface area (Å²) in [5.41, 5.74) is 2.50. The molecule has 1 aromatic heterocycles. The van der Waals surface area contributed by atoms with Crippen LogP contribution in [0.1, 0.15) is 17.8 Å². The minimum Gasteiger partial charge on any atom is -0.342 e. The highest BCUT2D eigenvalue weighted by Crippen LogP contribution is 2.22. The maximum Gasteiger partial charge on any atom is 0.389 e. The molecule has 0 saturated heterocycles. The number of hydrogen-bond donors (Lipinski definition) is 1. The molecule has 0 bridgehead atoms. The molecule has 1 aromatic carbocycles. The van der Waals surface area contributed by atoms with Gasteiger partial charge in [0.2, 0.25) is 0 Å². The largest absolute Gasteiger partial charge is 0.389 e. The van der Waals surface area contributed by atoms with Gasteiger partial charge in [0.05, 0.1) is 17.5 Å². The lowest BCUT2D eigenvalue weighted by Gasteiger charge is -2.02. The fourth-order valence-corrected chi connectivity index (χ4v) is 1.61. The number of H-pyrrole nitrogens is 1. The summed E-state index contributed by atoms with van der Waals surface area (Å²) < 4.78 is 36.1. The quantitative estimate of drug-likeness (QED) is 0.838. The number of aromatic nitrogens is 2. The van der Waals surface area contributed by atoms with E-state index in [4.69, 9.17) is 0 Å². The van der Waals surface area contributed by atoms with Gasteiger partial charge >= 0.3 is 6.18 Å².